The topological polar surface area (TPSA) is 51.0 Å². The van der Waals surface area contributed by atoms with E-state index in [1.165, 1.54) is 5.56 Å². The zero-order valence-electron chi connectivity index (χ0n) is 13.0. The highest BCUT2D eigenvalue weighted by Gasteiger charge is 2.49. The number of nitrogens with one attached hydrogen (secondary N) is 1. The molecule has 4 nitrogen and oxygen atoms in total. The number of hydrogen-bond acceptors (Lipinski definition) is 4. The lowest BCUT2D eigenvalue weighted by Gasteiger charge is -2.16. The summed E-state index contributed by atoms with van der Waals surface area (Å²) < 4.78 is 5.46. The third-order valence-electron chi connectivity index (χ3n) is 4.34. The number of rotatable bonds is 6. The number of benzene rings is 1. The van der Waals surface area contributed by atoms with Gasteiger partial charge in [0.1, 0.15) is 0 Å². The van der Waals surface area contributed by atoms with E-state index in [9.17, 15) is 0 Å². The van der Waals surface area contributed by atoms with Gasteiger partial charge in [0.25, 0.3) is 0 Å². The van der Waals surface area contributed by atoms with Gasteiger partial charge >= 0.3 is 0 Å². The summed E-state index contributed by atoms with van der Waals surface area (Å²) in [7, 11) is 0. The summed E-state index contributed by atoms with van der Waals surface area (Å²) in [6.45, 7) is 7.52. The Kier molecular flexibility index (Phi) is 3.81. The van der Waals surface area contributed by atoms with E-state index in [0.717, 1.165) is 31.1 Å². The van der Waals surface area contributed by atoms with Crippen molar-refractivity contribution in [1.82, 2.24) is 15.5 Å². The van der Waals surface area contributed by atoms with E-state index in [2.05, 4.69) is 60.5 Å². The van der Waals surface area contributed by atoms with Gasteiger partial charge < -0.3 is 9.84 Å². The van der Waals surface area contributed by atoms with Crippen molar-refractivity contribution in [2.24, 2.45) is 5.41 Å². The maximum Gasteiger partial charge on any atom is 0.228 e. The van der Waals surface area contributed by atoms with Crippen molar-refractivity contribution in [3.63, 3.8) is 0 Å². The number of aromatic nitrogens is 2. The highest BCUT2D eigenvalue weighted by molar-refractivity contribution is 5.20. The summed E-state index contributed by atoms with van der Waals surface area (Å²) in [6, 6.07) is 10.6. The summed E-state index contributed by atoms with van der Waals surface area (Å²) >= 11 is 0. The van der Waals surface area contributed by atoms with Crippen LogP contribution in [0.1, 0.15) is 56.4 Å². The van der Waals surface area contributed by atoms with Crippen LogP contribution in [0.15, 0.2) is 34.9 Å². The van der Waals surface area contributed by atoms with Crippen LogP contribution in [0.4, 0.5) is 0 Å². The molecule has 1 saturated carbocycles. The van der Waals surface area contributed by atoms with Crippen LogP contribution in [0.5, 0.6) is 0 Å². The summed E-state index contributed by atoms with van der Waals surface area (Å²) in [6.07, 6.45) is 1.89. The molecule has 3 rings (SSSR count). The predicted molar refractivity (Wildman–Crippen MR) is 82.0 cm³/mol. The Balaban J connectivity index is 1.72. The van der Waals surface area contributed by atoms with E-state index in [0.29, 0.717) is 11.3 Å². The Labute approximate surface area is 126 Å². The monoisotopic (exact) mass is 285 g/mol. The van der Waals surface area contributed by atoms with E-state index >= 15 is 0 Å². The second-order valence-electron chi connectivity index (χ2n) is 6.52. The molecule has 21 heavy (non-hydrogen) atoms. The molecule has 1 aliphatic carbocycles. The van der Waals surface area contributed by atoms with Gasteiger partial charge in [0.2, 0.25) is 5.89 Å². The van der Waals surface area contributed by atoms with Crippen LogP contribution < -0.4 is 5.32 Å². The second kappa shape index (κ2) is 5.60. The maximum absolute atomic E-state index is 5.46. The zero-order valence-corrected chi connectivity index (χ0v) is 13.0. The lowest BCUT2D eigenvalue weighted by molar-refractivity contribution is 0.354. The summed E-state index contributed by atoms with van der Waals surface area (Å²) in [5.74, 6) is 2.06. The van der Waals surface area contributed by atoms with Crippen LogP contribution >= 0.6 is 0 Å². The van der Waals surface area contributed by atoms with Crippen LogP contribution in [-0.2, 0) is 6.42 Å². The lowest BCUT2D eigenvalue weighted by Crippen LogP contribution is -2.23. The first-order chi connectivity index (χ1) is 10.1. The first kappa shape index (κ1) is 14.3. The summed E-state index contributed by atoms with van der Waals surface area (Å²) in [5.41, 5.74) is 1.59. The van der Waals surface area contributed by atoms with E-state index in [1.807, 2.05) is 6.07 Å². The Morgan fingerprint density at radius 3 is 2.67 bits per heavy atom. The molecule has 0 saturated heterocycles. The van der Waals surface area contributed by atoms with Gasteiger partial charge in [-0.1, -0.05) is 56.3 Å². The zero-order chi connectivity index (χ0) is 14.9. The highest BCUT2D eigenvalue weighted by atomic mass is 16.5. The van der Waals surface area contributed by atoms with Crippen molar-refractivity contribution in [3.05, 3.63) is 47.6 Å². The molecule has 2 unspecified atom stereocenters. The molecule has 112 valence electrons. The standard InChI is InChI=1S/C17H23N3O/c1-4-18-14(12-8-6-5-7-9-12)10-15-19-16(20-21-15)13-11-17(13,2)3/h5-9,13-14,18H,4,10-11H2,1-3H3. The van der Waals surface area contributed by atoms with E-state index in [4.69, 9.17) is 4.52 Å². The first-order valence-electron chi connectivity index (χ1n) is 7.71. The van der Waals surface area contributed by atoms with Crippen LogP contribution in [0.2, 0.25) is 0 Å². The van der Waals surface area contributed by atoms with Gasteiger partial charge in [-0.15, -0.1) is 0 Å². The lowest BCUT2D eigenvalue weighted by atomic mass is 10.0. The quantitative estimate of drug-likeness (QED) is 0.883. The molecule has 0 amide bonds. The molecule has 1 aliphatic rings. The van der Waals surface area contributed by atoms with Crippen molar-refractivity contribution >= 4 is 0 Å². The van der Waals surface area contributed by atoms with Gasteiger partial charge in [-0.3, -0.25) is 0 Å². The molecule has 2 aromatic rings. The Morgan fingerprint density at radius 2 is 2.05 bits per heavy atom. The largest absolute Gasteiger partial charge is 0.339 e. The predicted octanol–water partition coefficient (Wildman–Crippen LogP) is 3.48. The second-order valence-corrected chi connectivity index (χ2v) is 6.52. The third-order valence-corrected chi connectivity index (χ3v) is 4.34. The first-order valence-corrected chi connectivity index (χ1v) is 7.71. The molecular formula is C17H23N3O. The van der Waals surface area contributed by atoms with Crippen molar-refractivity contribution in [2.45, 2.75) is 45.6 Å². The molecule has 1 fully saturated rings. The van der Waals surface area contributed by atoms with E-state index < -0.39 is 0 Å². The molecule has 1 heterocycles. The molecule has 4 heteroatoms. The fraction of sp³-hybridized carbons (Fsp3) is 0.529. The number of nitrogens with zero attached hydrogens (tertiary/aromatic N) is 2. The molecule has 1 aromatic heterocycles. The Hall–Kier alpha value is -1.68. The Bertz CT molecular complexity index is 591. The van der Waals surface area contributed by atoms with Crippen LogP contribution in [0, 0.1) is 5.41 Å². The van der Waals surface area contributed by atoms with E-state index in [1.54, 1.807) is 0 Å². The van der Waals surface area contributed by atoms with Crippen molar-refractivity contribution < 1.29 is 4.52 Å². The van der Waals surface area contributed by atoms with Gasteiger partial charge in [-0.2, -0.15) is 4.98 Å². The maximum atomic E-state index is 5.46. The minimum absolute atomic E-state index is 0.219. The van der Waals surface area contributed by atoms with Gasteiger partial charge in [-0.05, 0) is 23.9 Å². The van der Waals surface area contributed by atoms with E-state index in [-0.39, 0.29) is 6.04 Å². The fourth-order valence-electron chi connectivity index (χ4n) is 2.81. The average molecular weight is 285 g/mol. The molecule has 0 radical (unpaired) electrons. The molecule has 1 aromatic carbocycles. The summed E-state index contributed by atoms with van der Waals surface area (Å²) in [4.78, 5) is 4.60. The normalized spacial score (nSPS) is 21.2. The minimum atomic E-state index is 0.219. The Morgan fingerprint density at radius 1 is 1.33 bits per heavy atom. The molecule has 0 aliphatic heterocycles. The van der Waals surface area contributed by atoms with Gasteiger partial charge in [0, 0.05) is 18.4 Å². The van der Waals surface area contributed by atoms with Crippen molar-refractivity contribution in [1.29, 1.82) is 0 Å². The number of hydrogen-bond donors (Lipinski definition) is 1. The summed E-state index contributed by atoms with van der Waals surface area (Å²) in [5, 5.41) is 7.66. The molecule has 2 atom stereocenters. The molecule has 0 spiro atoms. The molecule has 1 N–H and O–H groups in total. The molecule has 0 bridgehead atoms. The van der Waals surface area contributed by atoms with Gasteiger partial charge in [-0.25, -0.2) is 0 Å². The number of likely N-dealkylation sites (N-methyl/N-ethyl adjacent to an activating group) is 1. The van der Waals surface area contributed by atoms with Gasteiger partial charge in [0.05, 0.1) is 0 Å². The highest BCUT2D eigenvalue weighted by Crippen LogP contribution is 2.57. The van der Waals surface area contributed by atoms with Crippen molar-refractivity contribution in [2.75, 3.05) is 6.54 Å². The van der Waals surface area contributed by atoms with Crippen molar-refractivity contribution in [3.8, 4) is 0 Å². The van der Waals surface area contributed by atoms with Gasteiger partial charge in [0.15, 0.2) is 5.82 Å². The fourth-order valence-corrected chi connectivity index (χ4v) is 2.81. The van der Waals surface area contributed by atoms with Crippen LogP contribution in [-0.4, -0.2) is 16.7 Å². The van der Waals surface area contributed by atoms with Crippen LogP contribution in [0.25, 0.3) is 0 Å². The molecular weight excluding hydrogens is 262 g/mol. The van der Waals surface area contributed by atoms with Crippen LogP contribution in [0.3, 0.4) is 0 Å². The average Bonchev–Trinajstić information content (AvgIpc) is 2.90. The smallest absolute Gasteiger partial charge is 0.228 e. The third kappa shape index (κ3) is 3.16. The minimum Gasteiger partial charge on any atom is -0.339 e. The SMILES string of the molecule is CCNC(Cc1nc(C2CC2(C)C)no1)c1ccccc1.